The first kappa shape index (κ1) is 18.6. The molecular formula is C22H22N2O3S. The van der Waals surface area contributed by atoms with Gasteiger partial charge in [-0.3, -0.25) is 9.69 Å². The van der Waals surface area contributed by atoms with Crippen LogP contribution in [0.15, 0.2) is 57.9 Å². The number of hydrogen-bond donors (Lipinski definition) is 0. The van der Waals surface area contributed by atoms with E-state index in [1.165, 1.54) is 0 Å². The van der Waals surface area contributed by atoms with Crippen molar-refractivity contribution in [2.45, 2.75) is 20.3 Å². The van der Waals surface area contributed by atoms with Gasteiger partial charge < -0.3 is 9.15 Å². The third-order valence-electron chi connectivity index (χ3n) is 4.64. The SMILES string of the molecule is CCOc1ccc(N=C2SCCCN2C(=O)c2oc3ccccc3c2C)cc1. The van der Waals surface area contributed by atoms with Crippen LogP contribution in [0.2, 0.25) is 0 Å². The molecule has 1 amide bonds. The summed E-state index contributed by atoms with van der Waals surface area (Å²) < 4.78 is 11.4. The van der Waals surface area contributed by atoms with Gasteiger partial charge >= 0.3 is 0 Å². The van der Waals surface area contributed by atoms with E-state index in [-0.39, 0.29) is 5.91 Å². The Bertz CT molecular complexity index is 1020. The maximum absolute atomic E-state index is 13.2. The molecule has 0 aliphatic carbocycles. The first-order valence-corrected chi connectivity index (χ1v) is 10.4. The second-order valence-corrected chi connectivity index (χ2v) is 7.59. The van der Waals surface area contributed by atoms with Crippen molar-refractivity contribution in [2.75, 3.05) is 18.9 Å². The topological polar surface area (TPSA) is 55.0 Å². The second-order valence-electron chi connectivity index (χ2n) is 6.53. The molecule has 1 saturated heterocycles. The van der Waals surface area contributed by atoms with Gasteiger partial charge in [-0.15, -0.1) is 0 Å². The smallest absolute Gasteiger partial charge is 0.295 e. The molecule has 2 heterocycles. The minimum atomic E-state index is -0.134. The molecule has 5 nitrogen and oxygen atoms in total. The fourth-order valence-corrected chi connectivity index (χ4v) is 4.19. The molecule has 0 radical (unpaired) electrons. The van der Waals surface area contributed by atoms with E-state index in [0.29, 0.717) is 24.1 Å². The number of nitrogens with zero attached hydrogens (tertiary/aromatic N) is 2. The second kappa shape index (κ2) is 8.10. The molecule has 1 aromatic heterocycles. The Morgan fingerprint density at radius 3 is 2.75 bits per heavy atom. The van der Waals surface area contributed by atoms with E-state index in [9.17, 15) is 4.79 Å². The number of carbonyl (C=O) groups excluding carboxylic acids is 1. The van der Waals surface area contributed by atoms with Crippen LogP contribution in [0, 0.1) is 6.92 Å². The van der Waals surface area contributed by atoms with Gasteiger partial charge in [-0.25, -0.2) is 4.99 Å². The lowest BCUT2D eigenvalue weighted by molar-refractivity contribution is 0.0820. The van der Waals surface area contributed by atoms with Crippen molar-refractivity contribution in [3.8, 4) is 5.75 Å². The van der Waals surface area contributed by atoms with E-state index in [1.807, 2.05) is 62.4 Å². The number of benzene rings is 2. The maximum atomic E-state index is 13.2. The largest absolute Gasteiger partial charge is 0.494 e. The Morgan fingerprint density at radius 1 is 1.21 bits per heavy atom. The van der Waals surface area contributed by atoms with Gasteiger partial charge in [-0.1, -0.05) is 30.0 Å². The van der Waals surface area contributed by atoms with Gasteiger partial charge in [0.2, 0.25) is 0 Å². The Labute approximate surface area is 168 Å². The zero-order valence-electron chi connectivity index (χ0n) is 16.0. The summed E-state index contributed by atoms with van der Waals surface area (Å²) in [4.78, 5) is 19.7. The van der Waals surface area contributed by atoms with Gasteiger partial charge in [-0.2, -0.15) is 0 Å². The highest BCUT2D eigenvalue weighted by Crippen LogP contribution is 2.29. The lowest BCUT2D eigenvalue weighted by atomic mass is 10.1. The molecule has 3 aromatic rings. The molecule has 1 aliphatic heterocycles. The van der Waals surface area contributed by atoms with Crippen molar-refractivity contribution in [1.29, 1.82) is 0 Å². The maximum Gasteiger partial charge on any atom is 0.295 e. The van der Waals surface area contributed by atoms with Gasteiger partial charge in [-0.05, 0) is 50.6 Å². The molecule has 6 heteroatoms. The molecule has 4 rings (SSSR count). The first-order valence-electron chi connectivity index (χ1n) is 9.41. The van der Waals surface area contributed by atoms with Crippen molar-refractivity contribution >= 4 is 39.5 Å². The molecule has 0 saturated carbocycles. The predicted octanol–water partition coefficient (Wildman–Crippen LogP) is 5.41. The van der Waals surface area contributed by atoms with Crippen LogP contribution in [0.3, 0.4) is 0 Å². The molecule has 1 aliphatic rings. The number of para-hydroxylation sites is 1. The van der Waals surface area contributed by atoms with Crippen molar-refractivity contribution in [3.05, 3.63) is 59.9 Å². The lowest BCUT2D eigenvalue weighted by Crippen LogP contribution is -2.39. The highest BCUT2D eigenvalue weighted by Gasteiger charge is 2.29. The van der Waals surface area contributed by atoms with Crippen molar-refractivity contribution in [1.82, 2.24) is 4.90 Å². The third kappa shape index (κ3) is 3.64. The standard InChI is InChI=1S/C22H22N2O3S/c1-3-26-17-11-9-16(10-12-17)23-22-24(13-6-14-28-22)21(25)20-15(2)18-7-4-5-8-19(18)27-20/h4-5,7-12H,3,6,13-14H2,1-2H3. The highest BCUT2D eigenvalue weighted by atomic mass is 32.2. The number of fused-ring (bicyclic) bond motifs is 1. The molecule has 2 aromatic carbocycles. The zero-order chi connectivity index (χ0) is 19.5. The normalized spacial score (nSPS) is 15.9. The highest BCUT2D eigenvalue weighted by molar-refractivity contribution is 8.13. The molecule has 28 heavy (non-hydrogen) atoms. The third-order valence-corrected chi connectivity index (χ3v) is 5.71. The van der Waals surface area contributed by atoms with E-state index >= 15 is 0 Å². The Morgan fingerprint density at radius 2 is 2.00 bits per heavy atom. The first-order chi connectivity index (χ1) is 13.7. The van der Waals surface area contributed by atoms with Gasteiger partial charge in [0.05, 0.1) is 12.3 Å². The van der Waals surface area contributed by atoms with Crippen LogP contribution < -0.4 is 4.74 Å². The molecule has 0 spiro atoms. The molecular weight excluding hydrogens is 372 g/mol. The van der Waals surface area contributed by atoms with E-state index in [0.717, 1.165) is 40.1 Å². The minimum Gasteiger partial charge on any atom is -0.494 e. The van der Waals surface area contributed by atoms with E-state index in [1.54, 1.807) is 16.7 Å². The fourth-order valence-electron chi connectivity index (χ4n) is 3.24. The van der Waals surface area contributed by atoms with Crippen LogP contribution in [0.5, 0.6) is 5.75 Å². The van der Waals surface area contributed by atoms with E-state index in [2.05, 4.69) is 0 Å². The number of amides is 1. The summed E-state index contributed by atoms with van der Waals surface area (Å²) in [5, 5.41) is 1.68. The molecule has 0 unspecified atom stereocenters. The van der Waals surface area contributed by atoms with E-state index < -0.39 is 0 Å². The number of thioether (sulfide) groups is 1. The number of carbonyl (C=O) groups is 1. The summed E-state index contributed by atoms with van der Waals surface area (Å²) in [5.41, 5.74) is 2.40. The van der Waals surface area contributed by atoms with Gasteiger partial charge in [0, 0.05) is 23.2 Å². The van der Waals surface area contributed by atoms with Crippen LogP contribution in [0.25, 0.3) is 11.0 Å². The van der Waals surface area contributed by atoms with Crippen LogP contribution in [-0.2, 0) is 0 Å². The quantitative estimate of drug-likeness (QED) is 0.594. The lowest BCUT2D eigenvalue weighted by Gasteiger charge is -2.27. The van der Waals surface area contributed by atoms with Crippen LogP contribution >= 0.6 is 11.8 Å². The van der Waals surface area contributed by atoms with Crippen molar-refractivity contribution in [2.24, 2.45) is 4.99 Å². The molecule has 0 bridgehead atoms. The van der Waals surface area contributed by atoms with Crippen LogP contribution in [0.4, 0.5) is 5.69 Å². The zero-order valence-corrected chi connectivity index (χ0v) is 16.8. The summed E-state index contributed by atoms with van der Waals surface area (Å²) in [6.07, 6.45) is 0.929. The van der Waals surface area contributed by atoms with Crippen molar-refractivity contribution < 1.29 is 13.9 Å². The number of furan rings is 1. The Balaban J connectivity index is 1.64. The number of aryl methyl sites for hydroxylation is 1. The molecule has 0 atom stereocenters. The number of rotatable bonds is 4. The van der Waals surface area contributed by atoms with Gasteiger partial charge in [0.25, 0.3) is 5.91 Å². The predicted molar refractivity (Wildman–Crippen MR) is 114 cm³/mol. The fraction of sp³-hybridized carbons (Fsp3) is 0.273. The number of amidine groups is 1. The summed E-state index contributed by atoms with van der Waals surface area (Å²) in [6, 6.07) is 15.3. The molecule has 1 fully saturated rings. The molecule has 144 valence electrons. The number of ether oxygens (including phenoxy) is 1. The average molecular weight is 394 g/mol. The monoisotopic (exact) mass is 394 g/mol. The molecule has 0 N–H and O–H groups in total. The minimum absolute atomic E-state index is 0.134. The summed E-state index contributed by atoms with van der Waals surface area (Å²) in [7, 11) is 0. The van der Waals surface area contributed by atoms with Gasteiger partial charge in [0.15, 0.2) is 10.9 Å². The summed E-state index contributed by atoms with van der Waals surface area (Å²) >= 11 is 1.60. The number of hydrogen-bond acceptors (Lipinski definition) is 5. The van der Waals surface area contributed by atoms with Crippen LogP contribution in [-0.4, -0.2) is 34.9 Å². The average Bonchev–Trinajstić information content (AvgIpc) is 3.06. The van der Waals surface area contributed by atoms with Crippen molar-refractivity contribution in [3.63, 3.8) is 0 Å². The van der Waals surface area contributed by atoms with Crippen LogP contribution in [0.1, 0.15) is 29.5 Å². The van der Waals surface area contributed by atoms with E-state index in [4.69, 9.17) is 14.1 Å². The number of aliphatic imine (C=N–C) groups is 1. The Hall–Kier alpha value is -2.73. The Kier molecular flexibility index (Phi) is 5.39. The summed E-state index contributed by atoms with van der Waals surface area (Å²) in [5.74, 6) is 2.01. The summed E-state index contributed by atoms with van der Waals surface area (Å²) in [6.45, 7) is 5.15. The van der Waals surface area contributed by atoms with Gasteiger partial charge in [0.1, 0.15) is 11.3 Å².